The zero-order valence-electron chi connectivity index (χ0n) is 15.4. The second kappa shape index (κ2) is 9.50. The molecule has 1 amide bonds. The first-order valence-electron chi connectivity index (χ1n) is 9.42. The molecule has 1 N–H and O–H groups in total. The van der Waals surface area contributed by atoms with Gasteiger partial charge in [-0.25, -0.2) is 4.98 Å². The van der Waals surface area contributed by atoms with E-state index in [0.717, 1.165) is 50.3 Å². The Morgan fingerprint density at radius 3 is 2.81 bits per heavy atom. The van der Waals surface area contributed by atoms with Crippen molar-refractivity contribution in [3.8, 4) is 0 Å². The molecule has 2 aromatic rings. The Hall–Kier alpha value is -2.18. The molecular formula is C20H28N4O2. The summed E-state index contributed by atoms with van der Waals surface area (Å²) < 4.78 is 2.11. The lowest BCUT2D eigenvalue weighted by Crippen LogP contribution is -2.35. The molecule has 1 fully saturated rings. The first-order valence-corrected chi connectivity index (χ1v) is 9.42. The van der Waals surface area contributed by atoms with Gasteiger partial charge in [-0.3, -0.25) is 9.63 Å². The number of amides is 1. The molecule has 1 aliphatic rings. The summed E-state index contributed by atoms with van der Waals surface area (Å²) in [5.74, 6) is 1.06. The summed E-state index contributed by atoms with van der Waals surface area (Å²) in [6.07, 6.45) is 7.31. The molecule has 26 heavy (non-hydrogen) atoms. The van der Waals surface area contributed by atoms with Crippen molar-refractivity contribution in [2.75, 3.05) is 19.7 Å². The highest BCUT2D eigenvalue weighted by atomic mass is 16.7. The standard InChI is InChI=1S/C20H28N4O2/c1-17-21-11-15-23(17)13-9-19(18-7-3-2-4-8-18)22-20(25)10-14-24-12-5-6-16-26-24/h2-4,7-8,11,15,19H,5-6,9-10,12-14,16H2,1H3,(H,22,25). The van der Waals surface area contributed by atoms with Gasteiger partial charge in [0, 0.05) is 38.4 Å². The van der Waals surface area contributed by atoms with Crippen LogP contribution in [0.2, 0.25) is 0 Å². The molecule has 2 heterocycles. The van der Waals surface area contributed by atoms with Crippen LogP contribution in [0.25, 0.3) is 0 Å². The Kier molecular flexibility index (Phi) is 6.80. The third-order valence-electron chi connectivity index (χ3n) is 4.78. The number of nitrogens with zero attached hydrogens (tertiary/aromatic N) is 3. The summed E-state index contributed by atoms with van der Waals surface area (Å²) >= 11 is 0. The normalized spacial score (nSPS) is 16.3. The summed E-state index contributed by atoms with van der Waals surface area (Å²) in [6.45, 7) is 5.14. The van der Waals surface area contributed by atoms with E-state index in [1.807, 2.05) is 42.6 Å². The summed E-state index contributed by atoms with van der Waals surface area (Å²) in [6, 6.07) is 10.2. The first-order chi connectivity index (χ1) is 12.7. The summed E-state index contributed by atoms with van der Waals surface area (Å²) in [7, 11) is 0. The fourth-order valence-corrected chi connectivity index (χ4v) is 3.23. The van der Waals surface area contributed by atoms with Crippen molar-refractivity contribution in [1.29, 1.82) is 0 Å². The SMILES string of the molecule is Cc1nccn1CCC(NC(=O)CCN1CCCCO1)c1ccccc1. The zero-order valence-corrected chi connectivity index (χ0v) is 15.4. The van der Waals surface area contributed by atoms with Gasteiger partial charge in [0.15, 0.2) is 0 Å². The van der Waals surface area contributed by atoms with E-state index in [2.05, 4.69) is 27.0 Å². The van der Waals surface area contributed by atoms with Crippen LogP contribution < -0.4 is 5.32 Å². The van der Waals surface area contributed by atoms with E-state index in [4.69, 9.17) is 4.84 Å². The monoisotopic (exact) mass is 356 g/mol. The number of nitrogens with one attached hydrogen (secondary N) is 1. The third kappa shape index (κ3) is 5.41. The Balaban J connectivity index is 1.56. The number of hydroxylamine groups is 2. The van der Waals surface area contributed by atoms with Crippen LogP contribution in [0.4, 0.5) is 0 Å². The van der Waals surface area contributed by atoms with Gasteiger partial charge in [0.1, 0.15) is 5.82 Å². The number of hydrogen-bond acceptors (Lipinski definition) is 4. The van der Waals surface area contributed by atoms with Crippen LogP contribution in [-0.4, -0.2) is 40.2 Å². The lowest BCUT2D eigenvalue weighted by atomic mass is 10.0. The molecule has 1 aliphatic heterocycles. The van der Waals surface area contributed by atoms with Gasteiger partial charge < -0.3 is 9.88 Å². The molecule has 140 valence electrons. The van der Waals surface area contributed by atoms with Gasteiger partial charge in [0.25, 0.3) is 0 Å². The van der Waals surface area contributed by atoms with E-state index in [0.29, 0.717) is 13.0 Å². The highest BCUT2D eigenvalue weighted by molar-refractivity contribution is 5.76. The maximum absolute atomic E-state index is 12.5. The van der Waals surface area contributed by atoms with E-state index in [1.54, 1.807) is 0 Å². The van der Waals surface area contributed by atoms with Gasteiger partial charge in [-0.05, 0) is 31.7 Å². The number of rotatable bonds is 8. The predicted molar refractivity (Wildman–Crippen MR) is 100 cm³/mol. The second-order valence-corrected chi connectivity index (χ2v) is 6.71. The van der Waals surface area contributed by atoms with E-state index >= 15 is 0 Å². The average Bonchev–Trinajstić information content (AvgIpc) is 3.10. The van der Waals surface area contributed by atoms with Crippen molar-refractivity contribution in [1.82, 2.24) is 19.9 Å². The van der Waals surface area contributed by atoms with Gasteiger partial charge in [0.2, 0.25) is 5.91 Å². The summed E-state index contributed by atoms with van der Waals surface area (Å²) in [5, 5.41) is 5.11. The Morgan fingerprint density at radius 1 is 1.27 bits per heavy atom. The van der Waals surface area contributed by atoms with E-state index in [9.17, 15) is 4.79 Å². The summed E-state index contributed by atoms with van der Waals surface area (Å²) in [5.41, 5.74) is 1.13. The minimum Gasteiger partial charge on any atom is -0.349 e. The molecular weight excluding hydrogens is 328 g/mol. The fourth-order valence-electron chi connectivity index (χ4n) is 3.23. The maximum atomic E-state index is 12.5. The molecule has 1 aromatic carbocycles. The molecule has 1 saturated heterocycles. The van der Waals surface area contributed by atoms with Crippen molar-refractivity contribution in [2.24, 2.45) is 0 Å². The summed E-state index contributed by atoms with van der Waals surface area (Å²) in [4.78, 5) is 22.3. The van der Waals surface area contributed by atoms with Crippen LogP contribution in [0.15, 0.2) is 42.7 Å². The van der Waals surface area contributed by atoms with E-state index in [-0.39, 0.29) is 11.9 Å². The van der Waals surface area contributed by atoms with Crippen LogP contribution in [0.1, 0.15) is 43.1 Å². The quantitative estimate of drug-likeness (QED) is 0.790. The van der Waals surface area contributed by atoms with Crippen molar-refractivity contribution in [3.05, 3.63) is 54.1 Å². The molecule has 3 rings (SSSR count). The molecule has 1 unspecified atom stereocenters. The van der Waals surface area contributed by atoms with Crippen LogP contribution in [0.5, 0.6) is 0 Å². The molecule has 0 bridgehead atoms. The lowest BCUT2D eigenvalue weighted by molar-refractivity contribution is -0.181. The van der Waals surface area contributed by atoms with Crippen molar-refractivity contribution < 1.29 is 9.63 Å². The Bertz CT molecular complexity index is 680. The van der Waals surface area contributed by atoms with Gasteiger partial charge in [-0.1, -0.05) is 30.3 Å². The number of aryl methyl sites for hydroxylation is 2. The van der Waals surface area contributed by atoms with Crippen molar-refractivity contribution >= 4 is 5.91 Å². The average molecular weight is 356 g/mol. The van der Waals surface area contributed by atoms with Crippen LogP contribution >= 0.6 is 0 Å². The molecule has 0 saturated carbocycles. The largest absolute Gasteiger partial charge is 0.349 e. The maximum Gasteiger partial charge on any atom is 0.221 e. The second-order valence-electron chi connectivity index (χ2n) is 6.71. The molecule has 0 radical (unpaired) electrons. The number of benzene rings is 1. The topological polar surface area (TPSA) is 59.4 Å². The number of imidazole rings is 1. The van der Waals surface area contributed by atoms with E-state index < -0.39 is 0 Å². The Morgan fingerprint density at radius 2 is 2.12 bits per heavy atom. The number of hydrogen-bond donors (Lipinski definition) is 1. The van der Waals surface area contributed by atoms with Crippen LogP contribution in [0.3, 0.4) is 0 Å². The predicted octanol–water partition coefficient (Wildman–Crippen LogP) is 2.86. The van der Waals surface area contributed by atoms with Gasteiger partial charge in [-0.2, -0.15) is 5.06 Å². The Labute approximate surface area is 155 Å². The molecule has 1 aromatic heterocycles. The van der Waals surface area contributed by atoms with E-state index in [1.165, 1.54) is 0 Å². The smallest absolute Gasteiger partial charge is 0.221 e. The number of carbonyl (C=O) groups excluding carboxylic acids is 1. The van der Waals surface area contributed by atoms with Gasteiger partial charge in [0.05, 0.1) is 12.6 Å². The number of aromatic nitrogens is 2. The molecule has 0 spiro atoms. The minimum atomic E-state index is -0.00669. The van der Waals surface area contributed by atoms with Crippen LogP contribution in [0, 0.1) is 6.92 Å². The first kappa shape index (κ1) is 18.6. The highest BCUT2D eigenvalue weighted by Crippen LogP contribution is 2.18. The third-order valence-corrected chi connectivity index (χ3v) is 4.78. The lowest BCUT2D eigenvalue weighted by Gasteiger charge is -2.26. The number of carbonyl (C=O) groups is 1. The van der Waals surface area contributed by atoms with Crippen molar-refractivity contribution in [2.45, 2.75) is 45.2 Å². The molecule has 6 heteroatoms. The molecule has 6 nitrogen and oxygen atoms in total. The van der Waals surface area contributed by atoms with Crippen molar-refractivity contribution in [3.63, 3.8) is 0 Å². The molecule has 0 aliphatic carbocycles. The van der Waals surface area contributed by atoms with Gasteiger partial charge in [-0.15, -0.1) is 0 Å². The minimum absolute atomic E-state index is 0.00669. The van der Waals surface area contributed by atoms with Crippen LogP contribution in [-0.2, 0) is 16.2 Å². The van der Waals surface area contributed by atoms with Gasteiger partial charge >= 0.3 is 0 Å². The highest BCUT2D eigenvalue weighted by Gasteiger charge is 2.17. The fraction of sp³-hybridized carbons (Fsp3) is 0.500. The zero-order chi connectivity index (χ0) is 18.2. The molecule has 1 atom stereocenters.